The Morgan fingerprint density at radius 2 is 2.19 bits per heavy atom. The molecular weight excluding hydrogens is 220 g/mol. The molecule has 4 nitrogen and oxygen atoms in total. The van der Waals surface area contributed by atoms with Gasteiger partial charge < -0.3 is 15.6 Å². The van der Waals surface area contributed by atoms with E-state index < -0.39 is 19.0 Å². The maximum absolute atomic E-state index is 11.9. The number of aryl methyl sites for hydroxylation is 1. The van der Waals surface area contributed by atoms with Crippen molar-refractivity contribution in [2.24, 2.45) is 0 Å². The van der Waals surface area contributed by atoms with Crippen molar-refractivity contribution in [2.45, 2.75) is 13.3 Å². The predicted molar refractivity (Wildman–Crippen MR) is 54.0 cm³/mol. The van der Waals surface area contributed by atoms with E-state index in [1.807, 2.05) is 0 Å². The highest BCUT2D eigenvalue weighted by molar-refractivity contribution is 5.95. The first-order chi connectivity index (χ1) is 7.41. The number of anilines is 1. The van der Waals surface area contributed by atoms with E-state index in [-0.39, 0.29) is 17.0 Å². The zero-order chi connectivity index (χ0) is 12.3. The summed E-state index contributed by atoms with van der Waals surface area (Å²) >= 11 is 0. The molecule has 0 aliphatic rings. The number of aromatic carboxylic acids is 1. The molecule has 0 unspecified atom stereocenters. The molecule has 88 valence electrons. The number of carboxylic acids is 1. The van der Waals surface area contributed by atoms with Crippen LogP contribution in [0.25, 0.3) is 0 Å². The van der Waals surface area contributed by atoms with Crippen molar-refractivity contribution in [3.05, 3.63) is 23.3 Å². The zero-order valence-electron chi connectivity index (χ0n) is 8.54. The fourth-order valence-electron chi connectivity index (χ4n) is 1.18. The van der Waals surface area contributed by atoms with Crippen LogP contribution in [0.4, 0.5) is 14.5 Å². The fraction of sp³-hybridized carbons (Fsp3) is 0.300. The van der Waals surface area contributed by atoms with Gasteiger partial charge in [0.2, 0.25) is 0 Å². The quantitative estimate of drug-likeness (QED) is 0.776. The molecule has 0 fully saturated rings. The number of carboxylic acid groups (broad SMARTS) is 1. The van der Waals surface area contributed by atoms with Gasteiger partial charge in [0.15, 0.2) is 0 Å². The Balaban J connectivity index is 3.00. The summed E-state index contributed by atoms with van der Waals surface area (Å²) in [4.78, 5) is 10.8. The summed E-state index contributed by atoms with van der Waals surface area (Å²) in [6, 6.07) is 2.55. The number of hydrogen-bond acceptors (Lipinski definition) is 3. The molecular formula is C10H11F2NO3. The van der Waals surface area contributed by atoms with Crippen molar-refractivity contribution in [2.75, 3.05) is 12.3 Å². The van der Waals surface area contributed by atoms with Crippen molar-refractivity contribution in [3.8, 4) is 5.75 Å². The number of halogens is 2. The molecule has 0 saturated heterocycles. The minimum absolute atomic E-state index is 0.0735. The Hall–Kier alpha value is -1.85. The van der Waals surface area contributed by atoms with E-state index in [1.165, 1.54) is 6.07 Å². The molecule has 0 aliphatic carbocycles. The summed E-state index contributed by atoms with van der Waals surface area (Å²) in [7, 11) is 0. The summed E-state index contributed by atoms with van der Waals surface area (Å²) in [5.41, 5.74) is 5.96. The number of nitrogens with two attached hydrogens (primary N) is 1. The van der Waals surface area contributed by atoms with Gasteiger partial charge in [0.1, 0.15) is 12.4 Å². The third kappa shape index (κ3) is 2.82. The van der Waals surface area contributed by atoms with Crippen molar-refractivity contribution in [3.63, 3.8) is 0 Å². The molecule has 0 saturated carbocycles. The van der Waals surface area contributed by atoms with E-state index in [0.29, 0.717) is 5.56 Å². The molecule has 0 aromatic heterocycles. The predicted octanol–water partition coefficient (Wildman–Crippen LogP) is 1.92. The number of nitrogen functional groups attached to an aromatic ring is 1. The third-order valence-electron chi connectivity index (χ3n) is 1.97. The molecule has 0 bridgehead atoms. The Morgan fingerprint density at radius 3 is 2.69 bits per heavy atom. The number of benzene rings is 1. The lowest BCUT2D eigenvalue weighted by Crippen LogP contribution is -2.09. The van der Waals surface area contributed by atoms with Crippen molar-refractivity contribution in [1.29, 1.82) is 0 Å². The van der Waals surface area contributed by atoms with Crippen LogP contribution in [0, 0.1) is 6.92 Å². The van der Waals surface area contributed by atoms with E-state index in [4.69, 9.17) is 15.6 Å². The average molecular weight is 231 g/mol. The molecule has 0 spiro atoms. The van der Waals surface area contributed by atoms with Crippen LogP contribution in [0.3, 0.4) is 0 Å². The molecule has 0 radical (unpaired) electrons. The molecule has 0 heterocycles. The second-order valence-electron chi connectivity index (χ2n) is 3.21. The zero-order valence-corrected chi connectivity index (χ0v) is 8.54. The van der Waals surface area contributed by atoms with Crippen LogP contribution < -0.4 is 10.5 Å². The second-order valence-corrected chi connectivity index (χ2v) is 3.21. The van der Waals surface area contributed by atoms with E-state index in [0.717, 1.165) is 6.07 Å². The van der Waals surface area contributed by atoms with Gasteiger partial charge in [-0.05, 0) is 24.6 Å². The van der Waals surface area contributed by atoms with Crippen LogP contribution >= 0.6 is 0 Å². The number of alkyl halides is 2. The Morgan fingerprint density at radius 1 is 1.56 bits per heavy atom. The number of carbonyl (C=O) groups is 1. The number of hydrogen-bond donors (Lipinski definition) is 2. The van der Waals surface area contributed by atoms with Gasteiger partial charge >= 0.3 is 5.97 Å². The molecule has 0 aliphatic heterocycles. The summed E-state index contributed by atoms with van der Waals surface area (Å²) in [5.74, 6) is -1.15. The lowest BCUT2D eigenvalue weighted by molar-refractivity contribution is 0.0696. The highest BCUT2D eigenvalue weighted by Gasteiger charge is 2.13. The SMILES string of the molecule is Cc1cc(OCC(F)F)cc(C(=O)O)c1N. The first kappa shape index (κ1) is 12.2. The summed E-state index contributed by atoms with van der Waals surface area (Å²) in [5, 5.41) is 8.81. The van der Waals surface area contributed by atoms with Crippen molar-refractivity contribution in [1.82, 2.24) is 0 Å². The normalized spacial score (nSPS) is 10.5. The summed E-state index contributed by atoms with van der Waals surface area (Å²) in [6.45, 7) is 0.805. The topological polar surface area (TPSA) is 72.5 Å². The van der Waals surface area contributed by atoms with E-state index >= 15 is 0 Å². The molecule has 0 amide bonds. The standard InChI is InChI=1S/C10H11F2NO3/c1-5-2-6(16-4-8(11)12)3-7(9(5)13)10(14)15/h2-3,8H,4,13H2,1H3,(H,14,15). The van der Waals surface area contributed by atoms with E-state index in [2.05, 4.69) is 0 Å². The average Bonchev–Trinajstić information content (AvgIpc) is 2.19. The highest BCUT2D eigenvalue weighted by Crippen LogP contribution is 2.24. The van der Waals surface area contributed by atoms with Crippen molar-refractivity contribution >= 4 is 11.7 Å². The molecule has 16 heavy (non-hydrogen) atoms. The van der Waals surface area contributed by atoms with Gasteiger partial charge in [0, 0.05) is 5.69 Å². The first-order valence-corrected chi connectivity index (χ1v) is 4.46. The Labute approximate surface area is 90.6 Å². The summed E-state index contributed by atoms with van der Waals surface area (Å²) in [6.07, 6.45) is -2.61. The molecule has 1 aromatic rings. The van der Waals surface area contributed by atoms with Gasteiger partial charge in [0.25, 0.3) is 6.43 Å². The third-order valence-corrected chi connectivity index (χ3v) is 1.97. The first-order valence-electron chi connectivity index (χ1n) is 4.46. The van der Waals surface area contributed by atoms with Gasteiger partial charge in [0.05, 0.1) is 5.56 Å². The van der Waals surface area contributed by atoms with Gasteiger partial charge in [-0.1, -0.05) is 0 Å². The number of rotatable bonds is 4. The summed E-state index contributed by atoms with van der Waals surface area (Å²) < 4.78 is 28.5. The minimum Gasteiger partial charge on any atom is -0.488 e. The fourth-order valence-corrected chi connectivity index (χ4v) is 1.18. The van der Waals surface area contributed by atoms with Crippen LogP contribution in [0.2, 0.25) is 0 Å². The van der Waals surface area contributed by atoms with Crippen LogP contribution in [0.5, 0.6) is 5.75 Å². The maximum atomic E-state index is 11.9. The van der Waals surface area contributed by atoms with E-state index in [1.54, 1.807) is 6.92 Å². The van der Waals surface area contributed by atoms with Crippen molar-refractivity contribution < 1.29 is 23.4 Å². The second kappa shape index (κ2) is 4.78. The van der Waals surface area contributed by atoms with Crippen LogP contribution in [0.1, 0.15) is 15.9 Å². The van der Waals surface area contributed by atoms with E-state index in [9.17, 15) is 13.6 Å². The molecule has 6 heteroatoms. The molecule has 1 aromatic carbocycles. The van der Waals surface area contributed by atoms with Gasteiger partial charge in [-0.3, -0.25) is 0 Å². The lowest BCUT2D eigenvalue weighted by atomic mass is 10.1. The molecule has 1 rings (SSSR count). The smallest absolute Gasteiger partial charge is 0.337 e. The highest BCUT2D eigenvalue weighted by atomic mass is 19.3. The Bertz CT molecular complexity index is 407. The lowest BCUT2D eigenvalue weighted by Gasteiger charge is -2.10. The maximum Gasteiger partial charge on any atom is 0.337 e. The van der Waals surface area contributed by atoms with Gasteiger partial charge in [-0.25, -0.2) is 13.6 Å². The van der Waals surface area contributed by atoms with Gasteiger partial charge in [-0.2, -0.15) is 0 Å². The largest absolute Gasteiger partial charge is 0.488 e. The molecule has 3 N–H and O–H groups in total. The van der Waals surface area contributed by atoms with Crippen LogP contribution in [0.15, 0.2) is 12.1 Å². The van der Waals surface area contributed by atoms with Gasteiger partial charge in [-0.15, -0.1) is 0 Å². The number of ether oxygens (including phenoxy) is 1. The molecule has 0 atom stereocenters. The van der Waals surface area contributed by atoms with Crippen LogP contribution in [-0.4, -0.2) is 24.1 Å². The Kier molecular flexibility index (Phi) is 3.65. The monoisotopic (exact) mass is 231 g/mol. The minimum atomic E-state index is -2.61. The van der Waals surface area contributed by atoms with Crippen LogP contribution in [-0.2, 0) is 0 Å².